The molecule has 0 radical (unpaired) electrons. The summed E-state index contributed by atoms with van der Waals surface area (Å²) in [5, 5.41) is 12.7. The molecule has 0 aromatic carbocycles. The van der Waals surface area contributed by atoms with Crippen molar-refractivity contribution in [3.05, 3.63) is 23.9 Å². The number of nitrogens with one attached hydrogen (secondary N) is 1. The van der Waals surface area contributed by atoms with E-state index in [0.717, 1.165) is 18.7 Å². The van der Waals surface area contributed by atoms with Crippen molar-refractivity contribution in [2.45, 2.75) is 25.0 Å². The summed E-state index contributed by atoms with van der Waals surface area (Å²) in [6.45, 7) is 3.29. The first-order chi connectivity index (χ1) is 11.7. The predicted octanol–water partition coefficient (Wildman–Crippen LogP) is 0.351. The highest BCUT2D eigenvalue weighted by atomic mass is 16.5. The second kappa shape index (κ2) is 7.92. The Balaban J connectivity index is 1.64. The Morgan fingerprint density at radius 1 is 1.46 bits per heavy atom. The Labute approximate surface area is 142 Å². The average molecular weight is 335 g/mol. The van der Waals surface area contributed by atoms with Crippen LogP contribution in [-0.4, -0.2) is 67.0 Å². The Morgan fingerprint density at radius 3 is 2.79 bits per heavy atom. The molecule has 1 atom stereocenters. The third kappa shape index (κ3) is 4.23. The van der Waals surface area contributed by atoms with E-state index < -0.39 is 0 Å². The highest BCUT2D eigenvalue weighted by Gasteiger charge is 2.36. The van der Waals surface area contributed by atoms with Crippen molar-refractivity contribution in [2.75, 3.05) is 40.0 Å². The van der Waals surface area contributed by atoms with Crippen LogP contribution in [0.2, 0.25) is 0 Å². The van der Waals surface area contributed by atoms with Crippen LogP contribution in [-0.2, 0) is 9.53 Å². The molecule has 2 aliphatic rings. The van der Waals surface area contributed by atoms with Crippen LogP contribution in [0.4, 0.5) is 0 Å². The molecule has 1 aliphatic carbocycles. The van der Waals surface area contributed by atoms with Crippen molar-refractivity contribution >= 4 is 5.91 Å². The van der Waals surface area contributed by atoms with Crippen molar-refractivity contribution < 1.29 is 19.4 Å². The first-order valence-electron chi connectivity index (χ1n) is 8.43. The van der Waals surface area contributed by atoms with Crippen LogP contribution >= 0.6 is 0 Å². The molecule has 2 fully saturated rings. The number of aliphatic hydroxyl groups excluding tert-OH is 1. The summed E-state index contributed by atoms with van der Waals surface area (Å²) in [7, 11) is 1.58. The molecule has 2 heterocycles. The minimum atomic E-state index is -0.264. The van der Waals surface area contributed by atoms with Gasteiger partial charge in [0, 0.05) is 25.4 Å². The first-order valence-corrected chi connectivity index (χ1v) is 8.43. The standard InChI is InChI=1S/C17H25N3O4/c1-23-16-3-2-12(10-18-16)17(13-8-14(21)9-13)19-15(22)11-20-4-6-24-7-5-20/h2-3,10,13-14,17,21H,4-9,11H2,1H3,(H,19,22)/t13?,14?,17-/m1/s1. The van der Waals surface area contributed by atoms with Crippen LogP contribution in [0, 0.1) is 5.92 Å². The van der Waals surface area contributed by atoms with Gasteiger partial charge in [-0.1, -0.05) is 6.07 Å². The lowest BCUT2D eigenvalue weighted by Gasteiger charge is -2.38. The molecule has 1 aromatic heterocycles. The lowest BCUT2D eigenvalue weighted by molar-refractivity contribution is -0.125. The number of rotatable bonds is 6. The average Bonchev–Trinajstić information content (AvgIpc) is 2.58. The third-order valence-corrected chi connectivity index (χ3v) is 4.74. The van der Waals surface area contributed by atoms with Gasteiger partial charge in [0.1, 0.15) is 0 Å². The molecule has 3 rings (SSSR count). The van der Waals surface area contributed by atoms with Gasteiger partial charge in [-0.25, -0.2) is 4.98 Å². The highest BCUT2D eigenvalue weighted by Crippen LogP contribution is 2.38. The van der Waals surface area contributed by atoms with E-state index in [1.54, 1.807) is 19.4 Å². The van der Waals surface area contributed by atoms with Crippen molar-refractivity contribution in [1.82, 2.24) is 15.2 Å². The summed E-state index contributed by atoms with van der Waals surface area (Å²) in [6.07, 6.45) is 2.88. The molecule has 1 aliphatic heterocycles. The third-order valence-electron chi connectivity index (χ3n) is 4.74. The number of carbonyl (C=O) groups excluding carboxylic acids is 1. The van der Waals surface area contributed by atoms with Crippen LogP contribution in [0.15, 0.2) is 18.3 Å². The van der Waals surface area contributed by atoms with Gasteiger partial charge in [0.25, 0.3) is 0 Å². The molecule has 132 valence electrons. The van der Waals surface area contributed by atoms with Gasteiger partial charge >= 0.3 is 0 Å². The van der Waals surface area contributed by atoms with Gasteiger partial charge in [0.15, 0.2) is 0 Å². The molecule has 1 amide bonds. The van der Waals surface area contributed by atoms with Crippen LogP contribution in [0.25, 0.3) is 0 Å². The number of hydrogen-bond acceptors (Lipinski definition) is 6. The van der Waals surface area contributed by atoms with E-state index >= 15 is 0 Å². The van der Waals surface area contributed by atoms with Gasteiger partial charge in [-0.05, 0) is 24.3 Å². The molecule has 24 heavy (non-hydrogen) atoms. The molecule has 1 saturated carbocycles. The van der Waals surface area contributed by atoms with Crippen molar-refractivity contribution in [3.8, 4) is 5.88 Å². The molecule has 2 N–H and O–H groups in total. The number of nitrogens with zero attached hydrogens (tertiary/aromatic N) is 2. The fourth-order valence-electron chi connectivity index (χ4n) is 3.25. The lowest BCUT2D eigenvalue weighted by Crippen LogP contribution is -2.47. The quantitative estimate of drug-likeness (QED) is 0.780. The van der Waals surface area contributed by atoms with Crippen molar-refractivity contribution in [1.29, 1.82) is 0 Å². The monoisotopic (exact) mass is 335 g/mol. The summed E-state index contributed by atoms with van der Waals surface area (Å²) in [5.41, 5.74) is 0.947. The van der Waals surface area contributed by atoms with Gasteiger partial charge < -0.3 is 19.9 Å². The second-order valence-corrected chi connectivity index (χ2v) is 6.45. The maximum atomic E-state index is 12.4. The van der Waals surface area contributed by atoms with Crippen LogP contribution in [0.1, 0.15) is 24.4 Å². The van der Waals surface area contributed by atoms with Crippen LogP contribution < -0.4 is 10.1 Å². The summed E-state index contributed by atoms with van der Waals surface area (Å²) < 4.78 is 10.4. The Hall–Kier alpha value is -1.70. The second-order valence-electron chi connectivity index (χ2n) is 6.45. The van der Waals surface area contributed by atoms with E-state index in [4.69, 9.17) is 9.47 Å². The van der Waals surface area contributed by atoms with E-state index in [1.807, 2.05) is 6.07 Å². The Bertz CT molecular complexity index is 539. The number of methoxy groups -OCH3 is 1. The Kier molecular flexibility index (Phi) is 5.65. The lowest BCUT2D eigenvalue weighted by atomic mass is 9.75. The summed E-state index contributed by atoms with van der Waals surface area (Å²) in [6, 6.07) is 3.60. The molecule has 7 nitrogen and oxygen atoms in total. The number of morpholine rings is 1. The van der Waals surface area contributed by atoms with E-state index in [-0.39, 0.29) is 24.0 Å². The molecule has 1 saturated heterocycles. The number of aromatic nitrogens is 1. The molecular formula is C17H25N3O4. The van der Waals surface area contributed by atoms with Gasteiger partial charge in [0.2, 0.25) is 11.8 Å². The normalized spacial score (nSPS) is 25.6. The zero-order chi connectivity index (χ0) is 16.9. The predicted molar refractivity (Wildman–Crippen MR) is 87.7 cm³/mol. The number of ether oxygens (including phenoxy) is 2. The maximum absolute atomic E-state index is 12.4. The number of pyridine rings is 1. The van der Waals surface area contributed by atoms with Crippen LogP contribution in [0.5, 0.6) is 5.88 Å². The smallest absolute Gasteiger partial charge is 0.234 e. The number of aliphatic hydroxyl groups is 1. The minimum absolute atomic E-state index is 0.000826. The topological polar surface area (TPSA) is 83.9 Å². The van der Waals surface area contributed by atoms with Gasteiger partial charge in [-0.2, -0.15) is 0 Å². The van der Waals surface area contributed by atoms with E-state index in [9.17, 15) is 9.90 Å². The molecule has 0 spiro atoms. The van der Waals surface area contributed by atoms with Crippen molar-refractivity contribution in [3.63, 3.8) is 0 Å². The minimum Gasteiger partial charge on any atom is -0.481 e. The fraction of sp³-hybridized carbons (Fsp3) is 0.647. The molecular weight excluding hydrogens is 310 g/mol. The van der Waals surface area contributed by atoms with Gasteiger partial charge in [-0.3, -0.25) is 9.69 Å². The van der Waals surface area contributed by atoms with E-state index in [2.05, 4.69) is 15.2 Å². The zero-order valence-corrected chi connectivity index (χ0v) is 14.0. The Morgan fingerprint density at radius 2 is 2.21 bits per heavy atom. The summed E-state index contributed by atoms with van der Waals surface area (Å²) in [5.74, 6) is 0.786. The SMILES string of the molecule is COc1ccc([C@@H](NC(=O)CN2CCOCC2)C2CC(O)C2)cn1. The van der Waals surface area contributed by atoms with E-state index in [0.29, 0.717) is 38.5 Å². The summed E-state index contributed by atoms with van der Waals surface area (Å²) in [4.78, 5) is 18.8. The molecule has 0 unspecified atom stereocenters. The first kappa shape index (κ1) is 17.1. The largest absolute Gasteiger partial charge is 0.481 e. The van der Waals surface area contributed by atoms with Crippen LogP contribution in [0.3, 0.4) is 0 Å². The van der Waals surface area contributed by atoms with Gasteiger partial charge in [-0.15, -0.1) is 0 Å². The number of hydrogen-bond donors (Lipinski definition) is 2. The number of carbonyl (C=O) groups is 1. The molecule has 0 bridgehead atoms. The van der Waals surface area contributed by atoms with E-state index in [1.165, 1.54) is 0 Å². The molecule has 7 heteroatoms. The highest BCUT2D eigenvalue weighted by molar-refractivity contribution is 5.78. The number of amides is 1. The van der Waals surface area contributed by atoms with Gasteiger partial charge in [0.05, 0.1) is 39.0 Å². The fourth-order valence-corrected chi connectivity index (χ4v) is 3.25. The summed E-state index contributed by atoms with van der Waals surface area (Å²) >= 11 is 0. The maximum Gasteiger partial charge on any atom is 0.234 e. The molecule has 1 aromatic rings. The zero-order valence-electron chi connectivity index (χ0n) is 14.0. The van der Waals surface area contributed by atoms with Crippen molar-refractivity contribution in [2.24, 2.45) is 5.92 Å².